The third-order valence-electron chi connectivity index (χ3n) is 2.22. The third-order valence-corrected chi connectivity index (χ3v) is 2.22. The first-order valence-electron chi connectivity index (χ1n) is 4.60. The molecule has 0 unspecified atom stereocenters. The molecular weight excluding hydrogens is 341 g/mol. The molecule has 0 aliphatic heterocycles. The van der Waals surface area contributed by atoms with Gasteiger partial charge in [0.1, 0.15) is 0 Å². The number of aryl methyl sites for hydroxylation is 1. The maximum Gasteiger partial charge on any atom is 2.00 e. The van der Waals surface area contributed by atoms with Crippen molar-refractivity contribution >= 4 is 23.1 Å². The van der Waals surface area contributed by atoms with Crippen LogP contribution in [0.5, 0.6) is 0 Å². The maximum atomic E-state index is 12.9. The zero-order valence-corrected chi connectivity index (χ0v) is 14.4. The molecule has 0 amide bonds. The van der Waals surface area contributed by atoms with Crippen LogP contribution >= 0.6 is 0 Å². The summed E-state index contributed by atoms with van der Waals surface area (Å²) in [6.45, 7) is 1.97. The van der Waals surface area contributed by atoms with Gasteiger partial charge in [-0.25, -0.2) is 4.39 Å². The number of halogens is 4. The summed E-state index contributed by atoms with van der Waals surface area (Å²) >= 11 is 0. The van der Waals surface area contributed by atoms with Crippen LogP contribution in [0.1, 0.15) is 5.56 Å². The van der Waals surface area contributed by atoms with Gasteiger partial charge in [-0.1, -0.05) is 35.4 Å². The molecule has 6 heteroatoms. The number of hydrogen-bond acceptors (Lipinski definition) is 0. The van der Waals surface area contributed by atoms with E-state index in [1.165, 1.54) is 0 Å². The second-order valence-electron chi connectivity index (χ2n) is 3.41. The van der Waals surface area contributed by atoms with Gasteiger partial charge in [-0.3, -0.25) is 4.39 Å². The Bertz CT molecular complexity index is 495. The van der Waals surface area contributed by atoms with Crippen molar-refractivity contribution in [3.63, 3.8) is 0 Å². The first-order valence-corrected chi connectivity index (χ1v) is 4.60. The second-order valence-corrected chi connectivity index (χ2v) is 3.41. The summed E-state index contributed by atoms with van der Waals surface area (Å²) in [5.41, 5.74) is 2.52. The number of hydrogen-bond donors (Lipinski definition) is 0. The maximum absolute atomic E-state index is 12.9. The summed E-state index contributed by atoms with van der Waals surface area (Å²) < 4.78 is 25.6. The topological polar surface area (TPSA) is 0 Å². The fourth-order valence-electron chi connectivity index (χ4n) is 1.35. The molecule has 0 saturated carbocycles. The summed E-state index contributed by atoms with van der Waals surface area (Å²) in [6, 6.07) is 12.4. The minimum atomic E-state index is -0.870. The van der Waals surface area contributed by atoms with Crippen molar-refractivity contribution in [1.82, 2.24) is 0 Å². The molecule has 0 aliphatic carbocycles. The second kappa shape index (κ2) is 11.1. The fourth-order valence-corrected chi connectivity index (χ4v) is 1.35. The Morgan fingerprint density at radius 1 is 1.00 bits per heavy atom. The first-order chi connectivity index (χ1) is 7.16. The Labute approximate surface area is 156 Å². The summed E-state index contributed by atoms with van der Waals surface area (Å²) in [6.07, 6.45) is 0. The Balaban J connectivity index is -0.000000640. The van der Waals surface area contributed by atoms with Crippen molar-refractivity contribution < 1.29 is 57.0 Å². The molecule has 2 rings (SSSR count). The van der Waals surface area contributed by atoms with E-state index in [2.05, 4.69) is 6.07 Å². The van der Waals surface area contributed by atoms with E-state index in [1.807, 2.05) is 31.2 Å². The number of rotatable bonds is 1. The van der Waals surface area contributed by atoms with Gasteiger partial charge in [0.2, 0.25) is 0 Å². The van der Waals surface area contributed by atoms with E-state index >= 15 is 0 Å². The third kappa shape index (κ3) is 6.61. The van der Waals surface area contributed by atoms with Crippen molar-refractivity contribution in [1.29, 1.82) is 0 Å². The van der Waals surface area contributed by atoms with Crippen LogP contribution in [0.2, 0.25) is 0 Å². The van der Waals surface area contributed by atoms with E-state index in [0.29, 0.717) is 5.56 Å². The Kier molecular flexibility index (Phi) is 14.3. The van der Waals surface area contributed by atoms with Gasteiger partial charge in [-0.2, -0.15) is 0 Å². The average Bonchev–Trinajstić information content (AvgIpc) is 2.23. The van der Waals surface area contributed by atoms with Crippen LogP contribution in [0.4, 0.5) is 8.78 Å². The van der Waals surface area contributed by atoms with Crippen LogP contribution in [0.25, 0.3) is 11.1 Å². The van der Waals surface area contributed by atoms with Crippen LogP contribution in [-0.2, 0) is 0 Å². The van der Waals surface area contributed by atoms with Gasteiger partial charge in [0.05, 0.1) is 11.6 Å². The fraction of sp³-hybridized carbons (Fsp3) is 0.0769. The summed E-state index contributed by atoms with van der Waals surface area (Å²) in [5.74, 6) is -1.71. The van der Waals surface area contributed by atoms with Crippen LogP contribution in [0.15, 0.2) is 36.4 Å². The van der Waals surface area contributed by atoms with E-state index in [0.717, 1.165) is 23.3 Å². The van der Waals surface area contributed by atoms with Gasteiger partial charge in [-0.05, 0) is 6.92 Å². The zero-order chi connectivity index (χ0) is 10.8. The SMILES string of the molecule is Cc1ccc(-c2[c-]cc(F)c(F)c2)cc1.[Br-].[Cl-].[Li+].[Mg+2]. The Hall–Kier alpha value is 0.434. The normalized spacial score (nSPS) is 8.16. The molecule has 2 aromatic rings. The largest absolute Gasteiger partial charge is 2.00 e. The van der Waals surface area contributed by atoms with Gasteiger partial charge in [0, 0.05) is 0 Å². The molecule has 92 valence electrons. The molecule has 2 aromatic carbocycles. The molecular formula is C13H9BrClF2LiMg. The minimum absolute atomic E-state index is 0. The van der Waals surface area contributed by atoms with Crippen molar-refractivity contribution in [2.45, 2.75) is 6.92 Å². The van der Waals surface area contributed by atoms with Crippen molar-refractivity contribution in [3.05, 3.63) is 59.7 Å². The van der Waals surface area contributed by atoms with Crippen molar-refractivity contribution in [3.8, 4) is 11.1 Å². The van der Waals surface area contributed by atoms with Crippen molar-refractivity contribution in [2.24, 2.45) is 0 Å². The van der Waals surface area contributed by atoms with Crippen LogP contribution in [-0.4, -0.2) is 23.1 Å². The molecule has 19 heavy (non-hydrogen) atoms. The molecule has 0 fully saturated rings. The van der Waals surface area contributed by atoms with E-state index in [-0.39, 0.29) is 71.3 Å². The Morgan fingerprint density at radius 2 is 1.53 bits per heavy atom. The van der Waals surface area contributed by atoms with Gasteiger partial charge < -0.3 is 29.4 Å². The minimum Gasteiger partial charge on any atom is -1.00 e. The van der Waals surface area contributed by atoms with E-state index in [9.17, 15) is 8.78 Å². The average molecular weight is 350 g/mol. The molecule has 0 saturated heterocycles. The number of benzene rings is 2. The predicted octanol–water partition coefficient (Wildman–Crippen LogP) is -5.63. The Morgan fingerprint density at radius 3 is 2.00 bits per heavy atom. The quantitative estimate of drug-likeness (QED) is 0.356. The molecule has 0 heterocycles. The van der Waals surface area contributed by atoms with Gasteiger partial charge in [-0.15, -0.1) is 23.8 Å². The van der Waals surface area contributed by atoms with Crippen LogP contribution in [0.3, 0.4) is 0 Å². The molecule has 0 aliphatic rings. The summed E-state index contributed by atoms with van der Waals surface area (Å²) in [5, 5.41) is 0. The van der Waals surface area contributed by atoms with Crippen molar-refractivity contribution in [2.75, 3.05) is 0 Å². The predicted molar refractivity (Wildman–Crippen MR) is 61.1 cm³/mol. The standard InChI is InChI=1S/C13H9F2.BrH.ClH.Li.Mg/c1-9-2-4-10(5-3-9)11-6-7-12(14)13(15)8-11;;;;/h2-5,7-8H,1H3;2*1H;;/q-1;;;+1;+2/p-2. The van der Waals surface area contributed by atoms with E-state index in [1.54, 1.807) is 0 Å². The van der Waals surface area contributed by atoms with Gasteiger partial charge in [0.25, 0.3) is 0 Å². The molecule has 0 atom stereocenters. The first kappa shape index (κ1) is 24.5. The molecule has 0 bridgehead atoms. The summed E-state index contributed by atoms with van der Waals surface area (Å²) in [7, 11) is 0. The van der Waals surface area contributed by atoms with Crippen LogP contribution in [0, 0.1) is 24.6 Å². The summed E-state index contributed by atoms with van der Waals surface area (Å²) in [4.78, 5) is 0. The molecule has 0 nitrogen and oxygen atoms in total. The van der Waals surface area contributed by atoms with Gasteiger partial charge in [0.15, 0.2) is 0 Å². The molecule has 0 N–H and O–H groups in total. The molecule has 0 aromatic heterocycles. The molecule has 0 spiro atoms. The van der Waals surface area contributed by atoms with E-state index in [4.69, 9.17) is 0 Å². The molecule has 0 radical (unpaired) electrons. The monoisotopic (exact) mass is 348 g/mol. The van der Waals surface area contributed by atoms with Gasteiger partial charge >= 0.3 is 41.9 Å². The smallest absolute Gasteiger partial charge is 1.00 e. The van der Waals surface area contributed by atoms with Crippen LogP contribution < -0.4 is 48.2 Å². The van der Waals surface area contributed by atoms with E-state index < -0.39 is 11.6 Å². The zero-order valence-electron chi connectivity index (χ0n) is 10.7.